The van der Waals surface area contributed by atoms with Gasteiger partial charge in [0.2, 0.25) is 0 Å². The fourth-order valence-electron chi connectivity index (χ4n) is 1.83. The minimum Gasteiger partial charge on any atom is -0.454 e. The second kappa shape index (κ2) is 10.6. The molecule has 0 aliphatic carbocycles. The highest BCUT2D eigenvalue weighted by molar-refractivity contribution is 7.98. The summed E-state index contributed by atoms with van der Waals surface area (Å²) in [4.78, 5) is 45.8. The smallest absolute Gasteiger partial charge is 0.329 e. The first kappa shape index (κ1) is 21.7. The number of halogens is 1. The maximum atomic E-state index is 12.3. The number of rotatable bonds is 9. The number of nitrogens with zero attached hydrogens (tertiary/aromatic N) is 1. The van der Waals surface area contributed by atoms with Gasteiger partial charge in [0.15, 0.2) is 6.61 Å². The molecule has 0 heterocycles. The lowest BCUT2D eigenvalue weighted by atomic mass is 10.1. The van der Waals surface area contributed by atoms with E-state index in [4.69, 9.17) is 16.3 Å². The Labute approximate surface area is 158 Å². The first-order valence-electron chi connectivity index (χ1n) is 7.41. The van der Waals surface area contributed by atoms with Crippen LogP contribution in [0.25, 0.3) is 0 Å². The van der Waals surface area contributed by atoms with E-state index in [0.717, 1.165) is 6.07 Å². The molecule has 0 saturated heterocycles. The van der Waals surface area contributed by atoms with Crippen LogP contribution in [0.3, 0.4) is 0 Å². The molecule has 1 aromatic rings. The standard InChI is InChI=1S/C15H18ClN3O6S/c1-17-13(20)8-25-15(22)11(5-6-26-2)18-14(21)9-3-4-10(16)12(7-9)19(23)24/h3-4,7,11H,5-6,8H2,1-2H3,(H,17,20)(H,18,21)/t11-/m1/s1. The van der Waals surface area contributed by atoms with Gasteiger partial charge in [-0.05, 0) is 30.6 Å². The van der Waals surface area contributed by atoms with Crippen LogP contribution in [-0.2, 0) is 14.3 Å². The molecule has 26 heavy (non-hydrogen) atoms. The number of nitrogens with one attached hydrogen (secondary N) is 2. The average molecular weight is 404 g/mol. The van der Waals surface area contributed by atoms with Crippen LogP contribution in [0.4, 0.5) is 5.69 Å². The first-order valence-corrected chi connectivity index (χ1v) is 9.18. The van der Waals surface area contributed by atoms with E-state index < -0.39 is 41.0 Å². The molecule has 0 saturated carbocycles. The van der Waals surface area contributed by atoms with E-state index in [9.17, 15) is 24.5 Å². The normalized spacial score (nSPS) is 11.3. The fourth-order valence-corrected chi connectivity index (χ4v) is 2.49. The summed E-state index contributed by atoms with van der Waals surface area (Å²) in [5.41, 5.74) is -0.434. The van der Waals surface area contributed by atoms with Gasteiger partial charge in [-0.2, -0.15) is 11.8 Å². The number of carbonyl (C=O) groups excluding carboxylic acids is 3. The summed E-state index contributed by atoms with van der Waals surface area (Å²) in [5.74, 6) is -1.38. The predicted molar refractivity (Wildman–Crippen MR) is 97.4 cm³/mol. The number of esters is 1. The molecule has 0 aromatic heterocycles. The highest BCUT2D eigenvalue weighted by Crippen LogP contribution is 2.25. The summed E-state index contributed by atoms with van der Waals surface area (Å²) in [6, 6.07) is 2.58. The molecule has 2 N–H and O–H groups in total. The van der Waals surface area contributed by atoms with Crippen molar-refractivity contribution in [2.75, 3.05) is 25.7 Å². The molecule has 2 amide bonds. The van der Waals surface area contributed by atoms with Crippen molar-refractivity contribution in [1.82, 2.24) is 10.6 Å². The molecule has 0 aliphatic heterocycles. The van der Waals surface area contributed by atoms with Gasteiger partial charge in [-0.3, -0.25) is 19.7 Å². The number of nitro benzene ring substituents is 1. The topological polar surface area (TPSA) is 128 Å². The Morgan fingerprint density at radius 2 is 2.08 bits per heavy atom. The lowest BCUT2D eigenvalue weighted by Gasteiger charge is -2.17. The molecule has 0 fully saturated rings. The highest BCUT2D eigenvalue weighted by Gasteiger charge is 2.24. The van der Waals surface area contributed by atoms with E-state index in [1.807, 2.05) is 6.26 Å². The van der Waals surface area contributed by atoms with Gasteiger partial charge in [0.1, 0.15) is 11.1 Å². The van der Waals surface area contributed by atoms with Crippen molar-refractivity contribution in [3.05, 3.63) is 38.9 Å². The minimum absolute atomic E-state index is 0.0191. The maximum Gasteiger partial charge on any atom is 0.329 e. The van der Waals surface area contributed by atoms with Crippen molar-refractivity contribution in [2.24, 2.45) is 0 Å². The number of ether oxygens (including phenoxy) is 1. The van der Waals surface area contributed by atoms with Crippen molar-refractivity contribution in [1.29, 1.82) is 0 Å². The van der Waals surface area contributed by atoms with Gasteiger partial charge in [0.25, 0.3) is 17.5 Å². The SMILES string of the molecule is CNC(=O)COC(=O)[C@@H](CCSC)NC(=O)c1ccc(Cl)c([N+](=O)[O-])c1. The van der Waals surface area contributed by atoms with Crippen molar-refractivity contribution >= 4 is 46.8 Å². The van der Waals surface area contributed by atoms with Crippen molar-refractivity contribution < 1.29 is 24.0 Å². The molecule has 9 nitrogen and oxygen atoms in total. The van der Waals surface area contributed by atoms with Crippen molar-refractivity contribution in [3.63, 3.8) is 0 Å². The Morgan fingerprint density at radius 3 is 2.65 bits per heavy atom. The molecule has 0 spiro atoms. The summed E-state index contributed by atoms with van der Waals surface area (Å²) < 4.78 is 4.87. The maximum absolute atomic E-state index is 12.3. The van der Waals surface area contributed by atoms with E-state index in [1.54, 1.807) is 0 Å². The van der Waals surface area contributed by atoms with E-state index >= 15 is 0 Å². The summed E-state index contributed by atoms with van der Waals surface area (Å²) in [6.07, 6.45) is 2.10. The number of likely N-dealkylation sites (N-methyl/N-ethyl adjacent to an activating group) is 1. The second-order valence-corrected chi connectivity index (χ2v) is 6.40. The largest absolute Gasteiger partial charge is 0.454 e. The lowest BCUT2D eigenvalue weighted by Crippen LogP contribution is -2.43. The number of nitro groups is 1. The van der Waals surface area contributed by atoms with Crippen molar-refractivity contribution in [3.8, 4) is 0 Å². The first-order chi connectivity index (χ1) is 12.3. The summed E-state index contributed by atoms with van der Waals surface area (Å²) in [5, 5.41) is 15.6. The van der Waals surface area contributed by atoms with Crippen LogP contribution in [0.2, 0.25) is 5.02 Å². The fraction of sp³-hybridized carbons (Fsp3) is 0.400. The monoisotopic (exact) mass is 403 g/mol. The van der Waals surface area contributed by atoms with E-state index in [0.29, 0.717) is 5.75 Å². The van der Waals surface area contributed by atoms with Crippen LogP contribution >= 0.6 is 23.4 Å². The molecular weight excluding hydrogens is 386 g/mol. The zero-order chi connectivity index (χ0) is 19.7. The molecular formula is C15H18ClN3O6S. The molecule has 11 heteroatoms. The van der Waals surface area contributed by atoms with E-state index in [2.05, 4.69) is 10.6 Å². The molecule has 1 aromatic carbocycles. The third-order valence-corrected chi connectivity index (χ3v) is 4.19. The Kier molecular flexibility index (Phi) is 8.86. The molecule has 1 atom stereocenters. The van der Waals surface area contributed by atoms with E-state index in [-0.39, 0.29) is 17.0 Å². The Bertz CT molecular complexity index is 700. The molecule has 0 radical (unpaired) electrons. The summed E-state index contributed by atoms with van der Waals surface area (Å²) in [7, 11) is 1.40. The van der Waals surface area contributed by atoms with Crippen LogP contribution in [0.1, 0.15) is 16.8 Å². The van der Waals surface area contributed by atoms with Crippen LogP contribution < -0.4 is 10.6 Å². The van der Waals surface area contributed by atoms with Gasteiger partial charge in [-0.25, -0.2) is 4.79 Å². The number of hydrogen-bond donors (Lipinski definition) is 2. The predicted octanol–water partition coefficient (Wildman–Crippen LogP) is 1.39. The third kappa shape index (κ3) is 6.52. The zero-order valence-corrected chi connectivity index (χ0v) is 15.7. The van der Waals surface area contributed by atoms with Gasteiger partial charge in [0, 0.05) is 18.7 Å². The number of thioether (sulfide) groups is 1. The highest BCUT2D eigenvalue weighted by atomic mass is 35.5. The average Bonchev–Trinajstić information content (AvgIpc) is 2.62. The van der Waals surface area contributed by atoms with Gasteiger partial charge in [0.05, 0.1) is 4.92 Å². The van der Waals surface area contributed by atoms with Crippen LogP contribution in [-0.4, -0.2) is 54.4 Å². The lowest BCUT2D eigenvalue weighted by molar-refractivity contribution is -0.384. The summed E-state index contributed by atoms with van der Waals surface area (Å²) >= 11 is 7.18. The molecule has 1 rings (SSSR count). The number of benzene rings is 1. The molecule has 0 bridgehead atoms. The van der Waals surface area contributed by atoms with Crippen LogP contribution in [0.5, 0.6) is 0 Å². The zero-order valence-electron chi connectivity index (χ0n) is 14.1. The van der Waals surface area contributed by atoms with Gasteiger partial charge < -0.3 is 15.4 Å². The van der Waals surface area contributed by atoms with Gasteiger partial charge in [-0.1, -0.05) is 11.6 Å². The van der Waals surface area contributed by atoms with Gasteiger partial charge >= 0.3 is 5.97 Å². The Morgan fingerprint density at radius 1 is 1.38 bits per heavy atom. The Balaban J connectivity index is 2.88. The van der Waals surface area contributed by atoms with E-state index in [1.165, 1.54) is 30.9 Å². The Hall–Kier alpha value is -2.33. The number of hydrogen-bond acceptors (Lipinski definition) is 7. The second-order valence-electron chi connectivity index (χ2n) is 5.01. The summed E-state index contributed by atoms with van der Waals surface area (Å²) in [6.45, 7) is -0.465. The van der Waals surface area contributed by atoms with Gasteiger partial charge in [-0.15, -0.1) is 0 Å². The molecule has 0 unspecified atom stereocenters. The number of carbonyl (C=O) groups is 3. The van der Waals surface area contributed by atoms with Crippen molar-refractivity contribution in [2.45, 2.75) is 12.5 Å². The quantitative estimate of drug-likeness (QED) is 0.362. The molecule has 142 valence electrons. The number of amides is 2. The third-order valence-electron chi connectivity index (χ3n) is 3.23. The van der Waals surface area contributed by atoms with Crippen LogP contribution in [0.15, 0.2) is 18.2 Å². The minimum atomic E-state index is -0.991. The van der Waals surface area contributed by atoms with Crippen LogP contribution in [0, 0.1) is 10.1 Å². The molecule has 0 aliphatic rings.